The van der Waals surface area contributed by atoms with Crippen LogP contribution in [0.1, 0.15) is 23.8 Å². The van der Waals surface area contributed by atoms with E-state index in [2.05, 4.69) is 20.5 Å². The normalized spacial score (nSPS) is 21.1. The van der Waals surface area contributed by atoms with Gasteiger partial charge in [0.15, 0.2) is 0 Å². The van der Waals surface area contributed by atoms with Gasteiger partial charge in [-0.3, -0.25) is 9.36 Å². The minimum Gasteiger partial charge on any atom is -0.379 e. The molecule has 1 aliphatic heterocycles. The predicted molar refractivity (Wildman–Crippen MR) is 81.3 cm³/mol. The van der Waals surface area contributed by atoms with Crippen molar-refractivity contribution in [2.45, 2.75) is 25.5 Å². The highest BCUT2D eigenvalue weighted by Crippen LogP contribution is 2.13. The van der Waals surface area contributed by atoms with Gasteiger partial charge in [0, 0.05) is 13.2 Å². The molecule has 0 aromatic carbocycles. The molecule has 2 atom stereocenters. The van der Waals surface area contributed by atoms with Crippen molar-refractivity contribution >= 4 is 5.91 Å². The molecule has 0 unspecified atom stereocenters. The zero-order valence-electron chi connectivity index (χ0n) is 12.9. The lowest BCUT2D eigenvalue weighted by atomic mass is 10.1. The van der Waals surface area contributed by atoms with E-state index in [1.807, 2.05) is 6.92 Å². The van der Waals surface area contributed by atoms with Crippen LogP contribution in [-0.2, 0) is 9.47 Å². The van der Waals surface area contributed by atoms with Crippen LogP contribution in [0, 0.1) is 0 Å². The standard InChI is InChI=1S/C15H19N5O3/c1-2-23-13-8-22-7-6-11(13)19-15(21)12-4-3-5-14(18-12)20-9-16-17-10-20/h3-5,9-11,13H,2,6-8H2,1H3,(H,19,21)/t11-,13-/m1/s1. The zero-order valence-corrected chi connectivity index (χ0v) is 12.9. The van der Waals surface area contributed by atoms with Crippen LogP contribution in [0.25, 0.3) is 5.82 Å². The average molecular weight is 317 g/mol. The summed E-state index contributed by atoms with van der Waals surface area (Å²) in [7, 11) is 0. The Balaban J connectivity index is 1.71. The summed E-state index contributed by atoms with van der Waals surface area (Å²) in [6.07, 6.45) is 3.67. The van der Waals surface area contributed by atoms with Gasteiger partial charge in [-0.2, -0.15) is 0 Å². The van der Waals surface area contributed by atoms with Gasteiger partial charge >= 0.3 is 0 Å². The molecule has 0 radical (unpaired) electrons. The molecule has 0 saturated carbocycles. The first kappa shape index (κ1) is 15.6. The van der Waals surface area contributed by atoms with E-state index in [1.54, 1.807) is 22.8 Å². The number of carbonyl (C=O) groups is 1. The molecule has 1 amide bonds. The largest absolute Gasteiger partial charge is 0.379 e. The summed E-state index contributed by atoms with van der Waals surface area (Å²) in [4.78, 5) is 16.8. The Bertz CT molecular complexity index is 644. The Morgan fingerprint density at radius 2 is 2.26 bits per heavy atom. The van der Waals surface area contributed by atoms with E-state index in [0.717, 1.165) is 6.42 Å². The molecule has 1 fully saturated rings. The summed E-state index contributed by atoms with van der Waals surface area (Å²) in [6, 6.07) is 5.17. The van der Waals surface area contributed by atoms with Gasteiger partial charge in [-0.05, 0) is 25.5 Å². The van der Waals surface area contributed by atoms with Crippen LogP contribution < -0.4 is 5.32 Å². The molecule has 122 valence electrons. The van der Waals surface area contributed by atoms with Crippen molar-refractivity contribution in [2.24, 2.45) is 0 Å². The predicted octanol–water partition coefficient (Wildman–Crippen LogP) is 0.586. The van der Waals surface area contributed by atoms with Crippen molar-refractivity contribution in [1.29, 1.82) is 0 Å². The number of pyridine rings is 1. The molecular weight excluding hydrogens is 298 g/mol. The Hall–Kier alpha value is -2.32. The van der Waals surface area contributed by atoms with Gasteiger partial charge in [0.2, 0.25) is 0 Å². The third-order valence-corrected chi connectivity index (χ3v) is 3.65. The van der Waals surface area contributed by atoms with E-state index < -0.39 is 0 Å². The lowest BCUT2D eigenvalue weighted by molar-refractivity contribution is -0.0633. The van der Waals surface area contributed by atoms with Gasteiger partial charge in [-0.15, -0.1) is 10.2 Å². The summed E-state index contributed by atoms with van der Waals surface area (Å²) < 4.78 is 12.7. The molecule has 0 aliphatic carbocycles. The van der Waals surface area contributed by atoms with Gasteiger partial charge in [0.05, 0.1) is 12.6 Å². The first-order chi connectivity index (χ1) is 11.3. The molecule has 8 heteroatoms. The van der Waals surface area contributed by atoms with Gasteiger partial charge in [-0.25, -0.2) is 4.98 Å². The molecule has 3 heterocycles. The monoisotopic (exact) mass is 317 g/mol. The number of nitrogens with one attached hydrogen (secondary N) is 1. The van der Waals surface area contributed by atoms with Crippen LogP contribution in [0.3, 0.4) is 0 Å². The minimum absolute atomic E-state index is 0.0726. The number of carbonyl (C=O) groups excluding carboxylic acids is 1. The molecule has 8 nitrogen and oxygen atoms in total. The van der Waals surface area contributed by atoms with Crippen molar-refractivity contribution in [3.8, 4) is 5.82 Å². The number of nitrogens with zero attached hydrogens (tertiary/aromatic N) is 4. The number of amides is 1. The lowest BCUT2D eigenvalue weighted by Crippen LogP contribution is -2.50. The fraction of sp³-hybridized carbons (Fsp3) is 0.467. The Kier molecular flexibility index (Phi) is 4.94. The number of rotatable bonds is 5. The van der Waals surface area contributed by atoms with E-state index >= 15 is 0 Å². The molecule has 2 aromatic heterocycles. The van der Waals surface area contributed by atoms with Crippen LogP contribution in [0.2, 0.25) is 0 Å². The van der Waals surface area contributed by atoms with Crippen LogP contribution >= 0.6 is 0 Å². The fourth-order valence-corrected chi connectivity index (χ4v) is 2.51. The Morgan fingerprint density at radius 1 is 1.43 bits per heavy atom. The third kappa shape index (κ3) is 3.72. The minimum atomic E-state index is -0.225. The quantitative estimate of drug-likeness (QED) is 0.868. The maximum atomic E-state index is 12.5. The Morgan fingerprint density at radius 3 is 3.04 bits per heavy atom. The molecule has 1 saturated heterocycles. The van der Waals surface area contributed by atoms with Gasteiger partial charge < -0.3 is 14.8 Å². The number of aromatic nitrogens is 4. The van der Waals surface area contributed by atoms with Gasteiger partial charge in [-0.1, -0.05) is 6.07 Å². The van der Waals surface area contributed by atoms with E-state index in [1.165, 1.54) is 12.7 Å². The summed E-state index contributed by atoms with van der Waals surface area (Å²) in [6.45, 7) is 3.62. The van der Waals surface area contributed by atoms with E-state index in [0.29, 0.717) is 31.3 Å². The fourth-order valence-electron chi connectivity index (χ4n) is 2.51. The van der Waals surface area contributed by atoms with Crippen LogP contribution in [0.15, 0.2) is 30.9 Å². The second-order valence-corrected chi connectivity index (χ2v) is 5.19. The highest BCUT2D eigenvalue weighted by atomic mass is 16.5. The SMILES string of the molecule is CCO[C@@H]1COCC[C@H]1NC(=O)c1cccc(-n2cnnc2)n1. The lowest BCUT2D eigenvalue weighted by Gasteiger charge is -2.31. The first-order valence-corrected chi connectivity index (χ1v) is 7.60. The summed E-state index contributed by atoms with van der Waals surface area (Å²) >= 11 is 0. The number of hydrogen-bond acceptors (Lipinski definition) is 6. The maximum Gasteiger partial charge on any atom is 0.270 e. The number of ether oxygens (including phenoxy) is 2. The van der Waals surface area contributed by atoms with E-state index in [-0.39, 0.29) is 18.1 Å². The van der Waals surface area contributed by atoms with Crippen LogP contribution in [-0.4, -0.2) is 57.6 Å². The second-order valence-electron chi connectivity index (χ2n) is 5.19. The van der Waals surface area contributed by atoms with Crippen molar-refractivity contribution in [2.75, 3.05) is 19.8 Å². The Labute approximate surface area is 133 Å². The summed E-state index contributed by atoms with van der Waals surface area (Å²) in [5.74, 6) is 0.368. The van der Waals surface area contributed by atoms with Crippen molar-refractivity contribution < 1.29 is 14.3 Å². The van der Waals surface area contributed by atoms with Crippen molar-refractivity contribution in [1.82, 2.24) is 25.1 Å². The second kappa shape index (κ2) is 7.30. The number of hydrogen-bond donors (Lipinski definition) is 1. The van der Waals surface area contributed by atoms with E-state index in [9.17, 15) is 4.79 Å². The summed E-state index contributed by atoms with van der Waals surface area (Å²) in [5, 5.41) is 10.5. The third-order valence-electron chi connectivity index (χ3n) is 3.65. The highest BCUT2D eigenvalue weighted by Gasteiger charge is 2.28. The zero-order chi connectivity index (χ0) is 16.1. The molecule has 3 rings (SSSR count). The topological polar surface area (TPSA) is 91.2 Å². The molecule has 0 bridgehead atoms. The molecular formula is C15H19N5O3. The molecule has 2 aromatic rings. The maximum absolute atomic E-state index is 12.5. The van der Waals surface area contributed by atoms with Crippen molar-refractivity contribution in [3.05, 3.63) is 36.5 Å². The molecule has 1 N–H and O–H groups in total. The van der Waals surface area contributed by atoms with E-state index in [4.69, 9.17) is 9.47 Å². The van der Waals surface area contributed by atoms with Gasteiger partial charge in [0.25, 0.3) is 5.91 Å². The molecule has 0 spiro atoms. The molecule has 1 aliphatic rings. The van der Waals surface area contributed by atoms with Gasteiger partial charge in [0.1, 0.15) is 30.3 Å². The first-order valence-electron chi connectivity index (χ1n) is 7.60. The highest BCUT2D eigenvalue weighted by molar-refractivity contribution is 5.92. The molecule has 23 heavy (non-hydrogen) atoms. The van der Waals surface area contributed by atoms with Crippen molar-refractivity contribution in [3.63, 3.8) is 0 Å². The average Bonchev–Trinajstić information content (AvgIpc) is 3.11. The van der Waals surface area contributed by atoms with Crippen LogP contribution in [0.5, 0.6) is 0 Å². The van der Waals surface area contributed by atoms with Crippen LogP contribution in [0.4, 0.5) is 0 Å². The summed E-state index contributed by atoms with van der Waals surface area (Å²) in [5.41, 5.74) is 0.345. The smallest absolute Gasteiger partial charge is 0.270 e.